The molecule has 3 N–H and O–H groups in total. The summed E-state index contributed by atoms with van der Waals surface area (Å²) in [6.45, 7) is 8.10. The maximum absolute atomic E-state index is 11.7. The summed E-state index contributed by atoms with van der Waals surface area (Å²) in [5.74, 6) is -2.90. The van der Waals surface area contributed by atoms with Gasteiger partial charge in [0, 0.05) is 6.42 Å². The summed E-state index contributed by atoms with van der Waals surface area (Å²) < 4.78 is 0. The molecule has 2 unspecified atom stereocenters. The second-order valence-electron chi connectivity index (χ2n) is 6.13. The first-order chi connectivity index (χ1) is 8.51. The molecular weight excluding hydrogens is 250 g/mol. The van der Waals surface area contributed by atoms with Crippen LogP contribution < -0.4 is 5.32 Å². The summed E-state index contributed by atoms with van der Waals surface area (Å²) in [5, 5.41) is 19.6. The molecule has 6 heteroatoms. The van der Waals surface area contributed by atoms with E-state index in [1.807, 2.05) is 6.92 Å². The van der Waals surface area contributed by atoms with Gasteiger partial charge in [0.25, 0.3) is 0 Å². The smallest absolute Gasteiger partial charge is 0.326 e. The molecule has 0 bridgehead atoms. The largest absolute Gasteiger partial charge is 0.481 e. The molecule has 0 saturated heterocycles. The zero-order valence-corrected chi connectivity index (χ0v) is 11.9. The molecule has 0 aromatic heterocycles. The lowest BCUT2D eigenvalue weighted by Gasteiger charge is -2.23. The lowest BCUT2D eigenvalue weighted by Crippen LogP contribution is -2.42. The molecule has 0 aliphatic carbocycles. The lowest BCUT2D eigenvalue weighted by molar-refractivity contribution is -0.147. The minimum Gasteiger partial charge on any atom is -0.481 e. The Bertz CT molecular complexity index is 345. The molecule has 0 aromatic rings. The van der Waals surface area contributed by atoms with Crippen molar-refractivity contribution in [1.82, 2.24) is 5.32 Å². The fraction of sp³-hybridized carbons (Fsp3) is 0.769. The van der Waals surface area contributed by atoms with Crippen molar-refractivity contribution in [3.63, 3.8) is 0 Å². The Morgan fingerprint density at radius 3 is 2.00 bits per heavy atom. The molecule has 0 heterocycles. The van der Waals surface area contributed by atoms with E-state index in [0.717, 1.165) is 6.42 Å². The highest BCUT2D eigenvalue weighted by Gasteiger charge is 2.24. The third-order valence-electron chi connectivity index (χ3n) is 2.51. The first-order valence-electron chi connectivity index (χ1n) is 6.25. The summed E-state index contributed by atoms with van der Waals surface area (Å²) >= 11 is 0. The van der Waals surface area contributed by atoms with Crippen LogP contribution in [-0.4, -0.2) is 34.1 Å². The van der Waals surface area contributed by atoms with Crippen molar-refractivity contribution < 1.29 is 24.6 Å². The number of carboxylic acids is 2. The van der Waals surface area contributed by atoms with Crippen LogP contribution >= 0.6 is 0 Å². The van der Waals surface area contributed by atoms with E-state index in [2.05, 4.69) is 26.1 Å². The lowest BCUT2D eigenvalue weighted by atomic mass is 9.84. The predicted octanol–water partition coefficient (Wildman–Crippen LogP) is 1.49. The summed E-state index contributed by atoms with van der Waals surface area (Å²) in [6.07, 6.45) is 0.409. The quantitative estimate of drug-likeness (QED) is 0.652. The Morgan fingerprint density at radius 2 is 1.63 bits per heavy atom. The molecule has 0 saturated carbocycles. The van der Waals surface area contributed by atoms with Gasteiger partial charge < -0.3 is 15.5 Å². The van der Waals surface area contributed by atoms with Crippen molar-refractivity contribution in [1.29, 1.82) is 0 Å². The summed E-state index contributed by atoms with van der Waals surface area (Å²) in [4.78, 5) is 33.0. The Labute approximate surface area is 113 Å². The summed E-state index contributed by atoms with van der Waals surface area (Å²) in [5.41, 5.74) is 0.0902. The van der Waals surface area contributed by atoms with Crippen LogP contribution in [0, 0.1) is 11.3 Å². The van der Waals surface area contributed by atoms with E-state index in [1.165, 1.54) is 0 Å². The zero-order valence-electron chi connectivity index (χ0n) is 11.9. The highest BCUT2D eigenvalue weighted by molar-refractivity contribution is 5.86. The second-order valence-corrected chi connectivity index (χ2v) is 6.13. The van der Waals surface area contributed by atoms with Crippen LogP contribution in [0.5, 0.6) is 0 Å². The van der Waals surface area contributed by atoms with Crippen molar-refractivity contribution in [2.24, 2.45) is 11.3 Å². The fourth-order valence-corrected chi connectivity index (χ4v) is 2.06. The normalized spacial score (nSPS) is 14.5. The molecule has 1 amide bonds. The van der Waals surface area contributed by atoms with Gasteiger partial charge in [-0.3, -0.25) is 9.59 Å². The Kier molecular flexibility index (Phi) is 6.52. The van der Waals surface area contributed by atoms with E-state index in [4.69, 9.17) is 10.2 Å². The van der Waals surface area contributed by atoms with E-state index in [-0.39, 0.29) is 17.8 Å². The van der Waals surface area contributed by atoms with Gasteiger partial charge in [0.05, 0.1) is 6.42 Å². The predicted molar refractivity (Wildman–Crippen MR) is 69.7 cm³/mol. The van der Waals surface area contributed by atoms with Crippen molar-refractivity contribution in [2.45, 2.75) is 53.0 Å². The molecule has 6 nitrogen and oxygen atoms in total. The maximum atomic E-state index is 11.7. The number of nitrogens with one attached hydrogen (secondary N) is 1. The standard InChI is InChI=1S/C13H23NO5/c1-8(7-13(2,3)4)5-10(15)14-9(12(18)19)6-11(16)17/h8-9H,5-7H2,1-4H3,(H,14,15)(H,16,17)(H,18,19). The Morgan fingerprint density at radius 1 is 1.11 bits per heavy atom. The highest BCUT2D eigenvalue weighted by Crippen LogP contribution is 2.25. The molecule has 0 rings (SSSR count). The fourth-order valence-electron chi connectivity index (χ4n) is 2.06. The van der Waals surface area contributed by atoms with Crippen molar-refractivity contribution >= 4 is 17.8 Å². The molecule has 2 atom stereocenters. The van der Waals surface area contributed by atoms with Gasteiger partial charge in [0.15, 0.2) is 0 Å². The molecule has 0 radical (unpaired) electrons. The van der Waals surface area contributed by atoms with E-state index < -0.39 is 30.3 Å². The van der Waals surface area contributed by atoms with Gasteiger partial charge in [-0.15, -0.1) is 0 Å². The van der Waals surface area contributed by atoms with Crippen LogP contribution in [0.1, 0.15) is 47.0 Å². The molecule has 0 fully saturated rings. The monoisotopic (exact) mass is 273 g/mol. The van der Waals surface area contributed by atoms with Crippen molar-refractivity contribution in [3.05, 3.63) is 0 Å². The van der Waals surface area contributed by atoms with Gasteiger partial charge in [-0.1, -0.05) is 27.7 Å². The van der Waals surface area contributed by atoms with Gasteiger partial charge in [0.2, 0.25) is 5.91 Å². The minimum atomic E-state index is -1.37. The number of carbonyl (C=O) groups is 3. The minimum absolute atomic E-state index is 0.0902. The van der Waals surface area contributed by atoms with Crippen molar-refractivity contribution in [3.8, 4) is 0 Å². The number of carbonyl (C=O) groups excluding carboxylic acids is 1. The molecule has 0 aromatic carbocycles. The van der Waals surface area contributed by atoms with Crippen LogP contribution in [0.15, 0.2) is 0 Å². The first-order valence-corrected chi connectivity index (χ1v) is 6.25. The van der Waals surface area contributed by atoms with Gasteiger partial charge in [-0.05, 0) is 17.8 Å². The zero-order chi connectivity index (χ0) is 15.2. The van der Waals surface area contributed by atoms with Crippen LogP contribution in [-0.2, 0) is 14.4 Å². The van der Waals surface area contributed by atoms with Crippen LogP contribution in [0.25, 0.3) is 0 Å². The second kappa shape index (κ2) is 7.11. The van der Waals surface area contributed by atoms with Gasteiger partial charge in [-0.25, -0.2) is 4.79 Å². The van der Waals surface area contributed by atoms with Crippen molar-refractivity contribution in [2.75, 3.05) is 0 Å². The van der Waals surface area contributed by atoms with Crippen LogP contribution in [0.4, 0.5) is 0 Å². The summed E-state index contributed by atoms with van der Waals surface area (Å²) in [6, 6.07) is -1.37. The molecule has 110 valence electrons. The molecule has 0 aliphatic rings. The summed E-state index contributed by atoms with van der Waals surface area (Å²) in [7, 11) is 0. The average molecular weight is 273 g/mol. The number of hydrogen-bond donors (Lipinski definition) is 3. The number of hydrogen-bond acceptors (Lipinski definition) is 3. The number of rotatable bonds is 7. The van der Waals surface area contributed by atoms with Gasteiger partial charge in [0.1, 0.15) is 6.04 Å². The average Bonchev–Trinajstić information content (AvgIpc) is 2.11. The third-order valence-corrected chi connectivity index (χ3v) is 2.51. The maximum Gasteiger partial charge on any atom is 0.326 e. The molecule has 0 spiro atoms. The Balaban J connectivity index is 4.34. The SMILES string of the molecule is CC(CC(=O)NC(CC(=O)O)C(=O)O)CC(C)(C)C. The molecular formula is C13H23NO5. The number of carboxylic acid groups (broad SMARTS) is 2. The van der Waals surface area contributed by atoms with E-state index in [9.17, 15) is 14.4 Å². The highest BCUT2D eigenvalue weighted by atomic mass is 16.4. The third kappa shape index (κ3) is 9.04. The first kappa shape index (κ1) is 17.4. The van der Waals surface area contributed by atoms with Crippen LogP contribution in [0.3, 0.4) is 0 Å². The van der Waals surface area contributed by atoms with E-state index >= 15 is 0 Å². The van der Waals surface area contributed by atoms with E-state index in [0.29, 0.717) is 0 Å². The van der Waals surface area contributed by atoms with Crippen LogP contribution in [0.2, 0.25) is 0 Å². The Hall–Kier alpha value is -1.59. The molecule has 0 aliphatic heterocycles. The number of aliphatic carboxylic acids is 2. The number of amides is 1. The topological polar surface area (TPSA) is 104 Å². The van der Waals surface area contributed by atoms with E-state index in [1.54, 1.807) is 0 Å². The molecule has 19 heavy (non-hydrogen) atoms. The van der Waals surface area contributed by atoms with Gasteiger partial charge >= 0.3 is 11.9 Å². The van der Waals surface area contributed by atoms with Gasteiger partial charge in [-0.2, -0.15) is 0 Å².